The second-order valence-electron chi connectivity index (χ2n) is 8.02. The van der Waals surface area contributed by atoms with Gasteiger partial charge in [-0.2, -0.15) is 0 Å². The largest absolute Gasteiger partial charge is 0.348 e. The molecule has 0 amide bonds. The summed E-state index contributed by atoms with van der Waals surface area (Å²) in [5, 5.41) is 0. The third kappa shape index (κ3) is 3.81. The Labute approximate surface area is 142 Å². The fraction of sp³-hybridized carbons (Fsp3) is 0.941. The molecule has 0 saturated carbocycles. The minimum atomic E-state index is -0.860. The molecule has 0 spiro atoms. The van der Waals surface area contributed by atoms with Crippen molar-refractivity contribution in [3.8, 4) is 0 Å². The molecular formula is C17H28O7. The van der Waals surface area contributed by atoms with Crippen molar-refractivity contribution >= 4 is 6.29 Å². The van der Waals surface area contributed by atoms with Crippen LogP contribution in [0.4, 0.5) is 0 Å². The SMILES string of the molecule is CC1(C)O[C@H]([C@H]2COC(C)(C)O2)[C@@H]([C@H]2C[C@H](C=O)OC(C)(C)O2)O1. The number of carbonyl (C=O) groups excluding carboxylic acids is 1. The van der Waals surface area contributed by atoms with E-state index in [-0.39, 0.29) is 24.4 Å². The van der Waals surface area contributed by atoms with Crippen molar-refractivity contribution in [2.24, 2.45) is 0 Å². The third-order valence-electron chi connectivity index (χ3n) is 4.41. The molecule has 138 valence electrons. The van der Waals surface area contributed by atoms with Crippen LogP contribution in [0.1, 0.15) is 48.0 Å². The predicted molar refractivity (Wildman–Crippen MR) is 83.2 cm³/mol. The Morgan fingerprint density at radius 3 is 1.83 bits per heavy atom. The van der Waals surface area contributed by atoms with Gasteiger partial charge in [0.05, 0.1) is 12.7 Å². The van der Waals surface area contributed by atoms with Gasteiger partial charge in [0.2, 0.25) is 0 Å². The number of hydrogen-bond donors (Lipinski definition) is 0. The molecule has 0 unspecified atom stereocenters. The molecular weight excluding hydrogens is 316 g/mol. The Morgan fingerprint density at radius 2 is 1.29 bits per heavy atom. The van der Waals surface area contributed by atoms with Crippen molar-refractivity contribution in [2.75, 3.05) is 6.61 Å². The Kier molecular flexibility index (Phi) is 4.56. The quantitative estimate of drug-likeness (QED) is 0.722. The van der Waals surface area contributed by atoms with Gasteiger partial charge < -0.3 is 33.2 Å². The predicted octanol–water partition coefficient (Wildman–Crippen LogP) is 1.77. The normalized spacial score (nSPS) is 43.7. The van der Waals surface area contributed by atoms with Crippen LogP contribution >= 0.6 is 0 Å². The highest BCUT2D eigenvalue weighted by molar-refractivity contribution is 5.56. The fourth-order valence-corrected chi connectivity index (χ4v) is 3.64. The van der Waals surface area contributed by atoms with Gasteiger partial charge in [0.25, 0.3) is 0 Å². The van der Waals surface area contributed by atoms with Crippen LogP contribution in [-0.2, 0) is 33.2 Å². The van der Waals surface area contributed by atoms with E-state index in [1.807, 2.05) is 27.7 Å². The Morgan fingerprint density at radius 1 is 0.750 bits per heavy atom. The summed E-state index contributed by atoms with van der Waals surface area (Å²) in [6.45, 7) is 11.5. The van der Waals surface area contributed by atoms with Crippen molar-refractivity contribution in [3.63, 3.8) is 0 Å². The summed E-state index contributed by atoms with van der Waals surface area (Å²) < 4.78 is 35.5. The number of hydrogen-bond acceptors (Lipinski definition) is 7. The molecule has 3 fully saturated rings. The molecule has 3 heterocycles. The van der Waals surface area contributed by atoms with E-state index in [0.29, 0.717) is 13.0 Å². The summed E-state index contributed by atoms with van der Waals surface area (Å²) >= 11 is 0. The number of ether oxygens (including phenoxy) is 6. The van der Waals surface area contributed by atoms with Gasteiger partial charge in [-0.3, -0.25) is 0 Å². The van der Waals surface area contributed by atoms with Gasteiger partial charge >= 0.3 is 0 Å². The molecule has 0 aromatic carbocycles. The molecule has 3 aliphatic rings. The summed E-state index contributed by atoms with van der Waals surface area (Å²) in [5.74, 6) is -2.26. The van der Waals surface area contributed by atoms with Gasteiger partial charge in [-0.25, -0.2) is 0 Å². The average molecular weight is 344 g/mol. The van der Waals surface area contributed by atoms with E-state index in [9.17, 15) is 4.79 Å². The van der Waals surface area contributed by atoms with E-state index in [1.165, 1.54) is 0 Å². The van der Waals surface area contributed by atoms with Gasteiger partial charge in [-0.15, -0.1) is 0 Å². The van der Waals surface area contributed by atoms with E-state index in [2.05, 4.69) is 0 Å². The van der Waals surface area contributed by atoms with Crippen LogP contribution in [0.5, 0.6) is 0 Å². The van der Waals surface area contributed by atoms with Gasteiger partial charge in [0, 0.05) is 6.42 Å². The lowest BCUT2D eigenvalue weighted by atomic mass is 9.97. The number of rotatable bonds is 3. The molecule has 7 heteroatoms. The first-order valence-corrected chi connectivity index (χ1v) is 8.49. The Hall–Kier alpha value is -0.570. The minimum absolute atomic E-state index is 0.254. The molecule has 0 bridgehead atoms. The van der Waals surface area contributed by atoms with Crippen molar-refractivity contribution < 1.29 is 33.2 Å². The second-order valence-corrected chi connectivity index (χ2v) is 8.02. The second kappa shape index (κ2) is 6.00. The van der Waals surface area contributed by atoms with E-state index in [0.717, 1.165) is 6.29 Å². The highest BCUT2D eigenvalue weighted by atomic mass is 16.8. The van der Waals surface area contributed by atoms with Gasteiger partial charge in [0.1, 0.15) is 30.7 Å². The highest BCUT2D eigenvalue weighted by Crippen LogP contribution is 2.40. The Bertz CT molecular complexity index is 487. The topological polar surface area (TPSA) is 72.5 Å². The third-order valence-corrected chi connectivity index (χ3v) is 4.41. The first-order chi connectivity index (χ1) is 11.0. The maximum absolute atomic E-state index is 11.3. The summed E-state index contributed by atoms with van der Waals surface area (Å²) in [6.07, 6.45) is -0.584. The van der Waals surface area contributed by atoms with E-state index < -0.39 is 23.5 Å². The van der Waals surface area contributed by atoms with Crippen LogP contribution in [0.15, 0.2) is 0 Å². The van der Waals surface area contributed by atoms with Gasteiger partial charge in [0.15, 0.2) is 17.4 Å². The smallest absolute Gasteiger partial charge is 0.164 e. The van der Waals surface area contributed by atoms with Crippen molar-refractivity contribution in [1.29, 1.82) is 0 Å². The lowest BCUT2D eigenvalue weighted by Gasteiger charge is -2.42. The molecule has 3 aliphatic heterocycles. The monoisotopic (exact) mass is 344 g/mol. The summed E-state index contributed by atoms with van der Waals surface area (Å²) in [5.41, 5.74) is 0. The number of carbonyl (C=O) groups is 1. The number of aldehydes is 1. The van der Waals surface area contributed by atoms with E-state index in [1.54, 1.807) is 13.8 Å². The molecule has 3 rings (SSSR count). The lowest BCUT2D eigenvalue weighted by Crippen LogP contribution is -2.53. The van der Waals surface area contributed by atoms with Gasteiger partial charge in [-0.05, 0) is 41.5 Å². The fourth-order valence-electron chi connectivity index (χ4n) is 3.64. The van der Waals surface area contributed by atoms with Crippen LogP contribution in [0.3, 0.4) is 0 Å². The van der Waals surface area contributed by atoms with E-state index >= 15 is 0 Å². The van der Waals surface area contributed by atoms with Gasteiger partial charge in [-0.1, -0.05) is 0 Å². The zero-order valence-electron chi connectivity index (χ0n) is 15.2. The maximum atomic E-state index is 11.3. The van der Waals surface area contributed by atoms with Crippen molar-refractivity contribution in [3.05, 3.63) is 0 Å². The molecule has 24 heavy (non-hydrogen) atoms. The average Bonchev–Trinajstić information content (AvgIpc) is 2.96. The summed E-state index contributed by atoms with van der Waals surface area (Å²) in [4.78, 5) is 11.3. The molecule has 3 saturated heterocycles. The van der Waals surface area contributed by atoms with Crippen LogP contribution in [0.25, 0.3) is 0 Å². The van der Waals surface area contributed by atoms with Crippen LogP contribution < -0.4 is 0 Å². The summed E-state index contributed by atoms with van der Waals surface area (Å²) in [6, 6.07) is 0. The van der Waals surface area contributed by atoms with Crippen LogP contribution in [0.2, 0.25) is 0 Å². The molecule has 7 nitrogen and oxygen atoms in total. The Balaban J connectivity index is 1.80. The van der Waals surface area contributed by atoms with Crippen molar-refractivity contribution in [2.45, 2.75) is 95.8 Å². The zero-order chi connectivity index (χ0) is 17.8. The molecule has 0 N–H and O–H groups in total. The van der Waals surface area contributed by atoms with E-state index in [4.69, 9.17) is 28.4 Å². The maximum Gasteiger partial charge on any atom is 0.164 e. The minimum Gasteiger partial charge on any atom is -0.348 e. The standard InChI is InChI=1S/C17H28O7/c1-15(2)19-9-12(22-15)14-13(23-17(5,6)24-14)11-7-10(8-18)20-16(3,4)21-11/h8,10-14H,7,9H2,1-6H3/t10-,11-,12-,13-,14-/m1/s1. The molecule has 0 radical (unpaired) electrons. The molecule has 0 aliphatic carbocycles. The zero-order valence-corrected chi connectivity index (χ0v) is 15.2. The van der Waals surface area contributed by atoms with Crippen LogP contribution in [0, 0.1) is 0 Å². The molecule has 5 atom stereocenters. The highest BCUT2D eigenvalue weighted by Gasteiger charge is 2.54. The lowest BCUT2D eigenvalue weighted by molar-refractivity contribution is -0.309. The molecule has 0 aromatic rings. The van der Waals surface area contributed by atoms with Crippen molar-refractivity contribution in [1.82, 2.24) is 0 Å². The van der Waals surface area contributed by atoms with Crippen LogP contribution in [-0.4, -0.2) is 60.8 Å². The first-order valence-electron chi connectivity index (χ1n) is 8.49. The first kappa shape index (κ1) is 18.2. The summed E-state index contributed by atoms with van der Waals surface area (Å²) in [7, 11) is 0. The molecule has 0 aromatic heterocycles.